The lowest BCUT2D eigenvalue weighted by Crippen LogP contribution is -2.26. The molecule has 0 aliphatic heterocycles. The Labute approximate surface area is 161 Å². The Morgan fingerprint density at radius 3 is 2.68 bits per heavy atom. The van der Waals surface area contributed by atoms with Gasteiger partial charge in [0, 0.05) is 24.3 Å². The molecule has 3 heterocycles. The lowest BCUT2D eigenvalue weighted by atomic mass is 10.1. The second kappa shape index (κ2) is 7.64. The Bertz CT molecular complexity index is 1180. The fourth-order valence-corrected chi connectivity index (χ4v) is 3.11. The summed E-state index contributed by atoms with van der Waals surface area (Å²) in [5, 5.41) is 5.26. The maximum absolute atomic E-state index is 12.7. The van der Waals surface area contributed by atoms with Gasteiger partial charge in [-0.15, -0.1) is 0 Å². The number of pyridine rings is 1. The van der Waals surface area contributed by atoms with Crippen LogP contribution in [0, 0.1) is 0 Å². The SMILES string of the molecule is CCCCn1nc(C(=O)OCc2cn3ccccc3n2)c2ccccc2c1=O. The standard InChI is InChI=1S/C21H20N4O3/c1-2-3-12-25-20(26)17-9-5-4-8-16(17)19(23-25)21(27)28-14-15-13-24-11-7-6-10-18(24)22-15/h4-11,13H,2-3,12,14H2,1H3. The van der Waals surface area contributed by atoms with E-state index in [0.29, 0.717) is 23.0 Å². The van der Waals surface area contributed by atoms with Gasteiger partial charge in [0.25, 0.3) is 5.56 Å². The van der Waals surface area contributed by atoms with Crippen LogP contribution < -0.4 is 5.56 Å². The number of nitrogens with zero attached hydrogens (tertiary/aromatic N) is 4. The number of rotatable bonds is 6. The van der Waals surface area contributed by atoms with Crippen molar-refractivity contribution in [3.05, 3.63) is 76.6 Å². The number of imidazole rings is 1. The van der Waals surface area contributed by atoms with Crippen molar-refractivity contribution >= 4 is 22.4 Å². The van der Waals surface area contributed by atoms with Gasteiger partial charge in [0.1, 0.15) is 12.3 Å². The third-order valence-corrected chi connectivity index (χ3v) is 4.55. The van der Waals surface area contributed by atoms with Crippen LogP contribution in [0.3, 0.4) is 0 Å². The van der Waals surface area contributed by atoms with E-state index in [4.69, 9.17) is 4.74 Å². The van der Waals surface area contributed by atoms with E-state index in [0.717, 1.165) is 18.5 Å². The summed E-state index contributed by atoms with van der Waals surface area (Å²) in [6.45, 7) is 2.54. The molecule has 4 aromatic rings. The molecular formula is C21H20N4O3. The molecule has 0 aliphatic carbocycles. The number of unbranched alkanes of at least 4 members (excludes halogenated alkanes) is 1. The van der Waals surface area contributed by atoms with Gasteiger partial charge in [-0.1, -0.05) is 37.6 Å². The van der Waals surface area contributed by atoms with Crippen molar-refractivity contribution in [2.24, 2.45) is 0 Å². The van der Waals surface area contributed by atoms with Crippen molar-refractivity contribution in [1.29, 1.82) is 0 Å². The molecular weight excluding hydrogens is 356 g/mol. The minimum Gasteiger partial charge on any atom is -0.454 e. The van der Waals surface area contributed by atoms with Crippen molar-refractivity contribution in [3.8, 4) is 0 Å². The minimum absolute atomic E-state index is 0.0323. The number of ether oxygens (including phenoxy) is 1. The zero-order chi connectivity index (χ0) is 19.5. The van der Waals surface area contributed by atoms with E-state index in [-0.39, 0.29) is 17.9 Å². The number of aromatic nitrogens is 4. The Kier molecular flexibility index (Phi) is 4.89. The summed E-state index contributed by atoms with van der Waals surface area (Å²) in [6.07, 6.45) is 5.43. The van der Waals surface area contributed by atoms with Crippen molar-refractivity contribution in [2.45, 2.75) is 32.9 Å². The lowest BCUT2D eigenvalue weighted by molar-refractivity contribution is 0.0461. The molecule has 4 rings (SSSR count). The maximum atomic E-state index is 12.7. The van der Waals surface area contributed by atoms with Gasteiger partial charge >= 0.3 is 5.97 Å². The molecule has 7 heteroatoms. The molecule has 0 saturated heterocycles. The summed E-state index contributed by atoms with van der Waals surface area (Å²) in [5.41, 5.74) is 1.38. The molecule has 1 aromatic carbocycles. The smallest absolute Gasteiger partial charge is 0.359 e. The summed E-state index contributed by atoms with van der Waals surface area (Å²) >= 11 is 0. The number of aryl methyl sites for hydroxylation is 1. The zero-order valence-corrected chi connectivity index (χ0v) is 15.5. The second-order valence-electron chi connectivity index (χ2n) is 6.55. The van der Waals surface area contributed by atoms with Crippen LogP contribution in [0.4, 0.5) is 0 Å². The third kappa shape index (κ3) is 3.38. The second-order valence-corrected chi connectivity index (χ2v) is 6.55. The Hall–Kier alpha value is -3.48. The Morgan fingerprint density at radius 1 is 1.11 bits per heavy atom. The topological polar surface area (TPSA) is 78.5 Å². The molecule has 28 heavy (non-hydrogen) atoms. The zero-order valence-electron chi connectivity index (χ0n) is 15.5. The van der Waals surface area contributed by atoms with Crippen LogP contribution in [0.25, 0.3) is 16.4 Å². The Balaban J connectivity index is 1.64. The summed E-state index contributed by atoms with van der Waals surface area (Å²) in [6, 6.07) is 12.7. The molecule has 0 saturated carbocycles. The first-order chi connectivity index (χ1) is 13.7. The van der Waals surface area contributed by atoms with Gasteiger partial charge in [0.15, 0.2) is 5.69 Å². The van der Waals surface area contributed by atoms with E-state index in [9.17, 15) is 9.59 Å². The number of fused-ring (bicyclic) bond motifs is 2. The van der Waals surface area contributed by atoms with Crippen LogP contribution >= 0.6 is 0 Å². The normalized spacial score (nSPS) is 11.2. The predicted octanol–water partition coefficient (Wildman–Crippen LogP) is 3.20. The highest BCUT2D eigenvalue weighted by Gasteiger charge is 2.18. The van der Waals surface area contributed by atoms with Gasteiger partial charge in [0.05, 0.1) is 11.1 Å². The number of hydrogen-bond donors (Lipinski definition) is 0. The van der Waals surface area contributed by atoms with Gasteiger partial charge in [-0.25, -0.2) is 14.5 Å². The summed E-state index contributed by atoms with van der Waals surface area (Å²) in [4.78, 5) is 29.8. The molecule has 142 valence electrons. The van der Waals surface area contributed by atoms with Crippen LogP contribution in [0.2, 0.25) is 0 Å². The molecule has 0 aliphatic rings. The van der Waals surface area contributed by atoms with Crippen molar-refractivity contribution < 1.29 is 9.53 Å². The van der Waals surface area contributed by atoms with E-state index < -0.39 is 5.97 Å². The van der Waals surface area contributed by atoms with E-state index in [1.165, 1.54) is 4.68 Å². The monoisotopic (exact) mass is 376 g/mol. The minimum atomic E-state index is -0.571. The van der Waals surface area contributed by atoms with Gasteiger partial charge in [-0.05, 0) is 24.6 Å². The van der Waals surface area contributed by atoms with Crippen LogP contribution in [0.15, 0.2) is 59.7 Å². The highest BCUT2D eigenvalue weighted by Crippen LogP contribution is 2.15. The number of carbonyl (C=O) groups is 1. The average molecular weight is 376 g/mol. The van der Waals surface area contributed by atoms with Crippen molar-refractivity contribution in [2.75, 3.05) is 0 Å². The molecule has 0 radical (unpaired) electrons. The lowest BCUT2D eigenvalue weighted by Gasteiger charge is -2.10. The van der Waals surface area contributed by atoms with E-state index in [2.05, 4.69) is 10.1 Å². The quantitative estimate of drug-likeness (QED) is 0.483. The van der Waals surface area contributed by atoms with Crippen LogP contribution in [-0.2, 0) is 17.9 Å². The molecule has 0 bridgehead atoms. The first-order valence-electron chi connectivity index (χ1n) is 9.27. The first-order valence-corrected chi connectivity index (χ1v) is 9.27. The fourth-order valence-electron chi connectivity index (χ4n) is 3.11. The predicted molar refractivity (Wildman–Crippen MR) is 105 cm³/mol. The fraction of sp³-hybridized carbons (Fsp3) is 0.238. The summed E-state index contributed by atoms with van der Waals surface area (Å²) in [7, 11) is 0. The van der Waals surface area contributed by atoms with E-state index >= 15 is 0 Å². The molecule has 0 spiro atoms. The first kappa shape index (κ1) is 17.9. The molecule has 7 nitrogen and oxygen atoms in total. The van der Waals surface area contributed by atoms with Gasteiger partial charge in [-0.2, -0.15) is 5.10 Å². The molecule has 0 atom stereocenters. The molecule has 3 aromatic heterocycles. The average Bonchev–Trinajstić information content (AvgIpc) is 3.15. The van der Waals surface area contributed by atoms with Gasteiger partial charge < -0.3 is 9.14 Å². The van der Waals surface area contributed by atoms with Gasteiger partial charge in [0.2, 0.25) is 0 Å². The largest absolute Gasteiger partial charge is 0.454 e. The number of esters is 1. The van der Waals surface area contributed by atoms with Crippen molar-refractivity contribution in [3.63, 3.8) is 0 Å². The molecule has 0 fully saturated rings. The number of hydrogen-bond acceptors (Lipinski definition) is 5. The summed E-state index contributed by atoms with van der Waals surface area (Å²) in [5.74, 6) is -0.571. The molecule has 0 amide bonds. The molecule has 0 N–H and O–H groups in total. The summed E-state index contributed by atoms with van der Waals surface area (Å²) < 4.78 is 8.68. The Morgan fingerprint density at radius 2 is 1.89 bits per heavy atom. The molecule has 0 unspecified atom stereocenters. The highest BCUT2D eigenvalue weighted by molar-refractivity contribution is 6.02. The van der Waals surface area contributed by atoms with Crippen LogP contribution in [0.5, 0.6) is 0 Å². The number of carbonyl (C=O) groups excluding carboxylic acids is 1. The van der Waals surface area contributed by atoms with Crippen LogP contribution in [0.1, 0.15) is 35.9 Å². The van der Waals surface area contributed by atoms with Crippen molar-refractivity contribution in [1.82, 2.24) is 19.2 Å². The highest BCUT2D eigenvalue weighted by atomic mass is 16.5. The number of benzene rings is 1. The van der Waals surface area contributed by atoms with Crippen LogP contribution in [-0.4, -0.2) is 25.1 Å². The van der Waals surface area contributed by atoms with E-state index in [1.54, 1.807) is 24.3 Å². The maximum Gasteiger partial charge on any atom is 0.359 e. The van der Waals surface area contributed by atoms with E-state index in [1.807, 2.05) is 41.9 Å². The third-order valence-electron chi connectivity index (χ3n) is 4.55. The van der Waals surface area contributed by atoms with Gasteiger partial charge in [-0.3, -0.25) is 4.79 Å².